The van der Waals surface area contributed by atoms with Gasteiger partial charge in [0.15, 0.2) is 6.10 Å². The lowest BCUT2D eigenvalue weighted by molar-refractivity contribution is -0.123. The average molecular weight is 364 g/mol. The summed E-state index contributed by atoms with van der Waals surface area (Å²) in [6.07, 6.45) is 0.833. The Morgan fingerprint density at radius 2 is 1.92 bits per heavy atom. The van der Waals surface area contributed by atoms with Crippen LogP contribution in [0.1, 0.15) is 27.6 Å². The summed E-state index contributed by atoms with van der Waals surface area (Å²) in [5.41, 5.74) is 5.85. The molecule has 1 unspecified atom stereocenters. The van der Waals surface area contributed by atoms with Gasteiger partial charge in [-0.05, 0) is 36.8 Å². The number of primary amides is 1. The number of rotatable bonds is 6. The van der Waals surface area contributed by atoms with Crippen molar-refractivity contribution in [2.24, 2.45) is 5.73 Å². The van der Waals surface area contributed by atoms with Crippen LogP contribution >= 0.6 is 23.1 Å². The molecule has 2 amide bonds. The molecule has 24 heavy (non-hydrogen) atoms. The molecular formula is C16H16N2O4S2. The van der Waals surface area contributed by atoms with Gasteiger partial charge in [0.25, 0.3) is 11.8 Å². The van der Waals surface area contributed by atoms with E-state index in [0.29, 0.717) is 10.6 Å². The second-order valence-electron chi connectivity index (χ2n) is 4.76. The molecule has 0 saturated heterocycles. The maximum atomic E-state index is 12.2. The zero-order chi connectivity index (χ0) is 17.7. The van der Waals surface area contributed by atoms with Gasteiger partial charge in [-0.15, -0.1) is 23.1 Å². The number of anilines is 1. The third-order valence-corrected chi connectivity index (χ3v) is 4.77. The van der Waals surface area contributed by atoms with Gasteiger partial charge in [-0.25, -0.2) is 4.79 Å². The van der Waals surface area contributed by atoms with E-state index in [9.17, 15) is 14.4 Å². The number of carbonyl (C=O) groups excluding carboxylic acids is 3. The average Bonchev–Trinajstić information content (AvgIpc) is 3.02. The normalized spacial score (nSPS) is 11.6. The fourth-order valence-corrected chi connectivity index (χ4v) is 3.29. The van der Waals surface area contributed by atoms with E-state index in [4.69, 9.17) is 10.5 Å². The van der Waals surface area contributed by atoms with Crippen LogP contribution in [0.4, 0.5) is 5.00 Å². The number of thiophene rings is 1. The Labute approximate surface area is 147 Å². The van der Waals surface area contributed by atoms with Gasteiger partial charge >= 0.3 is 5.97 Å². The molecule has 126 valence electrons. The number of benzene rings is 1. The highest BCUT2D eigenvalue weighted by Crippen LogP contribution is 2.24. The molecule has 1 atom stereocenters. The maximum Gasteiger partial charge on any atom is 0.340 e. The van der Waals surface area contributed by atoms with Crippen LogP contribution in [0.15, 0.2) is 40.6 Å². The molecule has 0 spiro atoms. The molecule has 3 N–H and O–H groups in total. The smallest absolute Gasteiger partial charge is 0.340 e. The SMILES string of the molecule is CSc1ccccc1C(=O)OC(C)C(=O)Nc1sccc1C(N)=O. The Balaban J connectivity index is 2.05. The van der Waals surface area contributed by atoms with Crippen LogP contribution in [0.3, 0.4) is 0 Å². The maximum absolute atomic E-state index is 12.2. The van der Waals surface area contributed by atoms with Crippen LogP contribution in [0.2, 0.25) is 0 Å². The van der Waals surface area contributed by atoms with Crippen LogP contribution < -0.4 is 11.1 Å². The first-order valence-electron chi connectivity index (χ1n) is 6.96. The molecule has 6 nitrogen and oxygen atoms in total. The molecule has 2 aromatic rings. The zero-order valence-electron chi connectivity index (χ0n) is 13.1. The summed E-state index contributed by atoms with van der Waals surface area (Å²) in [7, 11) is 0. The van der Waals surface area contributed by atoms with E-state index < -0.39 is 23.9 Å². The second kappa shape index (κ2) is 7.98. The fourth-order valence-electron chi connectivity index (χ4n) is 1.90. The molecule has 0 fully saturated rings. The summed E-state index contributed by atoms with van der Waals surface area (Å²) < 4.78 is 5.21. The van der Waals surface area contributed by atoms with Gasteiger partial charge in [0.05, 0.1) is 11.1 Å². The van der Waals surface area contributed by atoms with Crippen molar-refractivity contribution in [1.82, 2.24) is 0 Å². The van der Waals surface area contributed by atoms with E-state index in [1.54, 1.807) is 23.6 Å². The first-order chi connectivity index (χ1) is 11.4. The highest BCUT2D eigenvalue weighted by Gasteiger charge is 2.22. The van der Waals surface area contributed by atoms with Crippen molar-refractivity contribution in [2.45, 2.75) is 17.9 Å². The third-order valence-electron chi connectivity index (χ3n) is 3.15. The monoisotopic (exact) mass is 364 g/mol. The van der Waals surface area contributed by atoms with Crippen LogP contribution in [0.5, 0.6) is 0 Å². The second-order valence-corrected chi connectivity index (χ2v) is 6.53. The van der Waals surface area contributed by atoms with Crippen molar-refractivity contribution in [2.75, 3.05) is 11.6 Å². The van der Waals surface area contributed by atoms with Gasteiger partial charge in [0.1, 0.15) is 5.00 Å². The number of hydrogen-bond donors (Lipinski definition) is 2. The van der Waals surface area contributed by atoms with Crippen LogP contribution in [-0.4, -0.2) is 30.1 Å². The Hall–Kier alpha value is -2.32. The van der Waals surface area contributed by atoms with Crippen LogP contribution in [0, 0.1) is 0 Å². The van der Waals surface area contributed by atoms with Gasteiger partial charge in [-0.1, -0.05) is 12.1 Å². The predicted octanol–water partition coefficient (Wildman–Crippen LogP) is 2.75. The highest BCUT2D eigenvalue weighted by atomic mass is 32.2. The molecule has 0 aliphatic rings. The highest BCUT2D eigenvalue weighted by molar-refractivity contribution is 7.98. The molecule has 1 aromatic carbocycles. The van der Waals surface area contributed by atoms with E-state index in [1.165, 1.54) is 36.1 Å². The molecule has 0 bridgehead atoms. The van der Waals surface area contributed by atoms with Crippen molar-refractivity contribution >= 4 is 45.9 Å². The van der Waals surface area contributed by atoms with Gasteiger partial charge in [-0.2, -0.15) is 0 Å². The predicted molar refractivity (Wildman–Crippen MR) is 94.6 cm³/mol. The number of carbonyl (C=O) groups is 3. The van der Waals surface area contributed by atoms with E-state index in [1.807, 2.05) is 12.3 Å². The Morgan fingerprint density at radius 3 is 2.58 bits per heavy atom. The van der Waals surface area contributed by atoms with Crippen molar-refractivity contribution in [3.63, 3.8) is 0 Å². The standard InChI is InChI=1S/C16H16N2O4S2/c1-9(14(20)18-15-11(13(17)19)7-8-24-15)22-16(21)10-5-3-4-6-12(10)23-2/h3-9H,1-2H3,(H2,17,19)(H,18,20). The molecule has 0 aliphatic heterocycles. The van der Waals surface area contributed by atoms with Crippen molar-refractivity contribution in [3.05, 3.63) is 46.8 Å². The first-order valence-corrected chi connectivity index (χ1v) is 9.06. The number of nitrogens with two attached hydrogens (primary N) is 1. The number of amides is 2. The number of esters is 1. The van der Waals surface area contributed by atoms with Crippen molar-refractivity contribution in [1.29, 1.82) is 0 Å². The summed E-state index contributed by atoms with van der Waals surface area (Å²) in [6, 6.07) is 8.51. The van der Waals surface area contributed by atoms with Crippen molar-refractivity contribution < 1.29 is 19.1 Å². The topological polar surface area (TPSA) is 98.5 Å². The quantitative estimate of drug-likeness (QED) is 0.607. The van der Waals surface area contributed by atoms with E-state index in [-0.39, 0.29) is 5.56 Å². The molecule has 0 aliphatic carbocycles. The summed E-state index contributed by atoms with van der Waals surface area (Å²) in [5.74, 6) is -1.75. The third kappa shape index (κ3) is 4.15. The van der Waals surface area contributed by atoms with E-state index in [2.05, 4.69) is 5.32 Å². The van der Waals surface area contributed by atoms with Crippen LogP contribution in [0.25, 0.3) is 0 Å². The molecule has 8 heteroatoms. The largest absolute Gasteiger partial charge is 0.449 e. The van der Waals surface area contributed by atoms with Gasteiger partial charge in [-0.3, -0.25) is 9.59 Å². The van der Waals surface area contributed by atoms with Crippen molar-refractivity contribution in [3.8, 4) is 0 Å². The lowest BCUT2D eigenvalue weighted by Gasteiger charge is -2.14. The molecule has 2 rings (SSSR count). The molecule has 0 radical (unpaired) electrons. The number of hydrogen-bond acceptors (Lipinski definition) is 6. The van der Waals surface area contributed by atoms with E-state index in [0.717, 1.165) is 4.90 Å². The minimum absolute atomic E-state index is 0.222. The lowest BCUT2D eigenvalue weighted by Crippen LogP contribution is -2.30. The summed E-state index contributed by atoms with van der Waals surface area (Å²) in [6.45, 7) is 1.46. The Morgan fingerprint density at radius 1 is 1.21 bits per heavy atom. The molecule has 0 saturated carbocycles. The number of thioether (sulfide) groups is 1. The van der Waals surface area contributed by atoms with E-state index >= 15 is 0 Å². The van der Waals surface area contributed by atoms with Crippen LogP contribution in [-0.2, 0) is 9.53 Å². The fraction of sp³-hybridized carbons (Fsp3) is 0.188. The number of ether oxygens (including phenoxy) is 1. The minimum Gasteiger partial charge on any atom is -0.449 e. The van der Waals surface area contributed by atoms with Gasteiger partial charge in [0.2, 0.25) is 0 Å². The summed E-state index contributed by atoms with van der Waals surface area (Å²) >= 11 is 2.59. The lowest BCUT2D eigenvalue weighted by atomic mass is 10.2. The Kier molecular flexibility index (Phi) is 5.99. The molecule has 1 heterocycles. The minimum atomic E-state index is -1.02. The summed E-state index contributed by atoms with van der Waals surface area (Å²) in [5, 5.41) is 4.53. The number of nitrogens with one attached hydrogen (secondary N) is 1. The van der Waals surface area contributed by atoms with Gasteiger partial charge in [0, 0.05) is 4.90 Å². The first kappa shape index (κ1) is 18.0. The zero-order valence-corrected chi connectivity index (χ0v) is 14.7. The molecule has 1 aromatic heterocycles. The summed E-state index contributed by atoms with van der Waals surface area (Å²) in [4.78, 5) is 36.4. The molecular weight excluding hydrogens is 348 g/mol. The Bertz CT molecular complexity index is 773. The van der Waals surface area contributed by atoms with Gasteiger partial charge < -0.3 is 15.8 Å².